The van der Waals surface area contributed by atoms with E-state index in [1.54, 1.807) is 0 Å². The minimum atomic E-state index is 0.417. The number of nitrogens with zero attached hydrogens (tertiary/aromatic N) is 1. The molecule has 3 atom stereocenters. The maximum absolute atomic E-state index is 12.6. The molecule has 0 aromatic rings. The Morgan fingerprint density at radius 1 is 1.17 bits per heavy atom. The number of nitrogens with one attached hydrogen (secondary N) is 1. The monoisotopic (exact) mass is 250 g/mol. The van der Waals surface area contributed by atoms with E-state index < -0.39 is 0 Å². The van der Waals surface area contributed by atoms with Gasteiger partial charge >= 0.3 is 0 Å². The van der Waals surface area contributed by atoms with Crippen molar-refractivity contribution < 1.29 is 4.79 Å². The summed E-state index contributed by atoms with van der Waals surface area (Å²) in [5.74, 6) is 3.11. The van der Waals surface area contributed by atoms with Crippen molar-refractivity contribution >= 4 is 5.91 Å². The molecule has 3 rings (SSSR count). The second kappa shape index (κ2) is 5.20. The summed E-state index contributed by atoms with van der Waals surface area (Å²) in [5, 5.41) is 3.25. The number of hydrogen-bond donors (Lipinski definition) is 1. The smallest absolute Gasteiger partial charge is 0.226 e. The third kappa shape index (κ3) is 2.29. The van der Waals surface area contributed by atoms with Crippen LogP contribution in [0.2, 0.25) is 0 Å². The maximum Gasteiger partial charge on any atom is 0.226 e. The third-order valence-corrected chi connectivity index (χ3v) is 5.27. The van der Waals surface area contributed by atoms with Crippen molar-refractivity contribution in [3.63, 3.8) is 0 Å². The topological polar surface area (TPSA) is 32.3 Å². The summed E-state index contributed by atoms with van der Waals surface area (Å²) in [6.45, 7) is 3.06. The van der Waals surface area contributed by atoms with Crippen molar-refractivity contribution in [1.29, 1.82) is 0 Å². The lowest BCUT2D eigenvalue weighted by Gasteiger charge is -2.33. The van der Waals surface area contributed by atoms with Crippen LogP contribution < -0.4 is 5.32 Å². The van der Waals surface area contributed by atoms with Crippen molar-refractivity contribution in [3.05, 3.63) is 0 Å². The van der Waals surface area contributed by atoms with E-state index in [1.165, 1.54) is 38.5 Å². The highest BCUT2D eigenvalue weighted by atomic mass is 16.2. The van der Waals surface area contributed by atoms with Gasteiger partial charge in [0.1, 0.15) is 0 Å². The first kappa shape index (κ1) is 12.5. The maximum atomic E-state index is 12.6. The normalized spacial score (nSPS) is 39.3. The van der Waals surface area contributed by atoms with Crippen molar-refractivity contribution in [2.24, 2.45) is 23.7 Å². The molecule has 0 spiro atoms. The van der Waals surface area contributed by atoms with Gasteiger partial charge in [-0.05, 0) is 57.0 Å². The molecule has 18 heavy (non-hydrogen) atoms. The van der Waals surface area contributed by atoms with Gasteiger partial charge in [0.05, 0.1) is 0 Å². The lowest BCUT2D eigenvalue weighted by Crippen LogP contribution is -2.43. The quantitative estimate of drug-likeness (QED) is 0.829. The number of hydrogen-bond acceptors (Lipinski definition) is 2. The minimum Gasteiger partial charge on any atom is -0.342 e. The van der Waals surface area contributed by atoms with E-state index in [0.717, 1.165) is 31.5 Å². The molecular weight excluding hydrogens is 224 g/mol. The van der Waals surface area contributed by atoms with Crippen molar-refractivity contribution in [2.45, 2.75) is 38.5 Å². The summed E-state index contributed by atoms with van der Waals surface area (Å²) in [7, 11) is 2.01. The van der Waals surface area contributed by atoms with Crippen molar-refractivity contribution in [2.75, 3.05) is 26.7 Å². The van der Waals surface area contributed by atoms with Gasteiger partial charge in [0.2, 0.25) is 5.91 Å². The van der Waals surface area contributed by atoms with Crippen LogP contribution in [0.3, 0.4) is 0 Å². The number of fused-ring (bicyclic) bond motifs is 1. The Morgan fingerprint density at radius 3 is 2.56 bits per heavy atom. The molecule has 2 saturated carbocycles. The number of carbonyl (C=O) groups excluding carboxylic acids is 1. The molecule has 1 amide bonds. The summed E-state index contributed by atoms with van der Waals surface area (Å²) >= 11 is 0. The zero-order valence-corrected chi connectivity index (χ0v) is 11.5. The largest absolute Gasteiger partial charge is 0.342 e. The van der Waals surface area contributed by atoms with Gasteiger partial charge < -0.3 is 10.2 Å². The Labute approximate surface area is 110 Å². The number of amides is 1. The van der Waals surface area contributed by atoms with Crippen LogP contribution in [0.1, 0.15) is 38.5 Å². The van der Waals surface area contributed by atoms with Crippen LogP contribution in [0, 0.1) is 23.7 Å². The predicted molar refractivity (Wildman–Crippen MR) is 72.2 cm³/mol. The zero-order chi connectivity index (χ0) is 12.5. The van der Waals surface area contributed by atoms with Gasteiger partial charge in [-0.2, -0.15) is 0 Å². The molecule has 3 nitrogen and oxygen atoms in total. The number of likely N-dealkylation sites (tertiary alicyclic amines) is 1. The Hall–Kier alpha value is -0.570. The van der Waals surface area contributed by atoms with E-state index in [1.807, 2.05) is 7.05 Å². The Kier molecular flexibility index (Phi) is 3.60. The molecule has 1 N–H and O–H groups in total. The Morgan fingerprint density at radius 2 is 1.89 bits per heavy atom. The van der Waals surface area contributed by atoms with E-state index >= 15 is 0 Å². The SMILES string of the molecule is CNCC1CCCN(C(=O)C2C3CCCCC32)C1. The molecular formula is C15H26N2O. The molecule has 3 fully saturated rings. The Bertz CT molecular complexity index is 304. The second-order valence-corrected chi connectivity index (χ2v) is 6.49. The Balaban J connectivity index is 1.56. The van der Waals surface area contributed by atoms with Crippen LogP contribution in [-0.2, 0) is 4.79 Å². The van der Waals surface area contributed by atoms with Gasteiger partial charge in [-0.25, -0.2) is 0 Å². The minimum absolute atomic E-state index is 0.417. The van der Waals surface area contributed by atoms with Crippen LogP contribution in [0.25, 0.3) is 0 Å². The molecule has 1 heterocycles. The molecule has 3 aliphatic rings. The zero-order valence-electron chi connectivity index (χ0n) is 11.5. The summed E-state index contributed by atoms with van der Waals surface area (Å²) in [4.78, 5) is 14.8. The van der Waals surface area contributed by atoms with E-state index in [-0.39, 0.29) is 0 Å². The standard InChI is InChI=1S/C15H26N2O/c1-16-9-11-5-4-8-17(10-11)15(18)14-12-6-2-3-7-13(12)14/h11-14,16H,2-10H2,1H3. The average Bonchev–Trinajstić information content (AvgIpc) is 3.13. The molecule has 3 heteroatoms. The van der Waals surface area contributed by atoms with Crippen molar-refractivity contribution in [3.8, 4) is 0 Å². The van der Waals surface area contributed by atoms with E-state index in [2.05, 4.69) is 10.2 Å². The number of piperidine rings is 1. The van der Waals surface area contributed by atoms with E-state index in [9.17, 15) is 4.79 Å². The highest BCUT2D eigenvalue weighted by Crippen LogP contribution is 2.56. The van der Waals surface area contributed by atoms with Gasteiger partial charge in [0.25, 0.3) is 0 Å². The molecule has 1 saturated heterocycles. The molecule has 0 aromatic carbocycles. The van der Waals surface area contributed by atoms with Crippen LogP contribution in [0.4, 0.5) is 0 Å². The second-order valence-electron chi connectivity index (χ2n) is 6.49. The number of rotatable bonds is 3. The summed E-state index contributed by atoms with van der Waals surface area (Å²) in [6, 6.07) is 0. The first-order valence-electron chi connectivity index (χ1n) is 7.74. The van der Waals surface area contributed by atoms with Crippen LogP contribution in [0.5, 0.6) is 0 Å². The van der Waals surface area contributed by atoms with Crippen LogP contribution in [-0.4, -0.2) is 37.5 Å². The molecule has 1 aliphatic heterocycles. The van der Waals surface area contributed by atoms with Gasteiger partial charge in [-0.15, -0.1) is 0 Å². The molecule has 0 aromatic heterocycles. The van der Waals surface area contributed by atoms with Crippen molar-refractivity contribution in [1.82, 2.24) is 10.2 Å². The molecule has 0 radical (unpaired) electrons. The summed E-state index contributed by atoms with van der Waals surface area (Å²) in [5.41, 5.74) is 0. The molecule has 0 bridgehead atoms. The third-order valence-electron chi connectivity index (χ3n) is 5.27. The van der Waals surface area contributed by atoms with Crippen LogP contribution >= 0.6 is 0 Å². The predicted octanol–water partition coefficient (Wildman–Crippen LogP) is 1.88. The van der Waals surface area contributed by atoms with Gasteiger partial charge in [0.15, 0.2) is 0 Å². The first-order chi connectivity index (χ1) is 8.81. The fourth-order valence-corrected chi connectivity index (χ4v) is 4.29. The van der Waals surface area contributed by atoms with Crippen LogP contribution in [0.15, 0.2) is 0 Å². The lowest BCUT2D eigenvalue weighted by atomic mass is 9.97. The highest BCUT2D eigenvalue weighted by Gasteiger charge is 2.55. The summed E-state index contributed by atoms with van der Waals surface area (Å²) in [6.07, 6.45) is 7.81. The molecule has 102 valence electrons. The fraction of sp³-hybridized carbons (Fsp3) is 0.933. The summed E-state index contributed by atoms with van der Waals surface area (Å²) < 4.78 is 0. The lowest BCUT2D eigenvalue weighted by molar-refractivity contribution is -0.135. The first-order valence-corrected chi connectivity index (χ1v) is 7.74. The molecule has 3 unspecified atom stereocenters. The van der Waals surface area contributed by atoms with E-state index in [0.29, 0.717) is 17.7 Å². The van der Waals surface area contributed by atoms with Gasteiger partial charge in [0, 0.05) is 19.0 Å². The fourth-order valence-electron chi connectivity index (χ4n) is 4.29. The van der Waals surface area contributed by atoms with Gasteiger partial charge in [-0.1, -0.05) is 12.8 Å². The highest BCUT2D eigenvalue weighted by molar-refractivity contribution is 5.82. The van der Waals surface area contributed by atoms with Gasteiger partial charge in [-0.3, -0.25) is 4.79 Å². The van der Waals surface area contributed by atoms with E-state index in [4.69, 9.17) is 0 Å². The molecule has 2 aliphatic carbocycles. The number of carbonyl (C=O) groups is 1. The average molecular weight is 250 g/mol.